The molecule has 0 bridgehead atoms. The molecule has 0 spiro atoms. The first-order valence-corrected chi connectivity index (χ1v) is 6.80. The summed E-state index contributed by atoms with van der Waals surface area (Å²) >= 11 is 0. The van der Waals surface area contributed by atoms with E-state index in [4.69, 9.17) is 0 Å². The molecule has 1 fully saturated rings. The van der Waals surface area contributed by atoms with Crippen molar-refractivity contribution in [1.29, 1.82) is 0 Å². The second-order valence-electron chi connectivity index (χ2n) is 5.56. The van der Waals surface area contributed by atoms with Crippen LogP contribution in [0.1, 0.15) is 49.0 Å². The van der Waals surface area contributed by atoms with Crippen LogP contribution in [-0.2, 0) is 12.8 Å². The van der Waals surface area contributed by atoms with E-state index < -0.39 is 0 Å². The first kappa shape index (κ1) is 11.2. The normalized spacial score (nSPS) is 22.2. The smallest absolute Gasteiger partial charge is 0.0940 e. The Kier molecular flexibility index (Phi) is 2.93. The highest BCUT2D eigenvalue weighted by Crippen LogP contribution is 2.28. The van der Waals surface area contributed by atoms with Gasteiger partial charge >= 0.3 is 0 Å². The number of benzene rings is 1. The van der Waals surface area contributed by atoms with Crippen molar-refractivity contribution in [2.24, 2.45) is 0 Å². The molecule has 3 rings (SSSR count). The maximum Gasteiger partial charge on any atom is 0.0940 e. The lowest BCUT2D eigenvalue weighted by molar-refractivity contribution is 0.135. The van der Waals surface area contributed by atoms with E-state index in [0.29, 0.717) is 6.04 Å². The summed E-state index contributed by atoms with van der Waals surface area (Å²) < 4.78 is 0. The summed E-state index contributed by atoms with van der Waals surface area (Å²) in [5.74, 6) is 0. The minimum Gasteiger partial charge on any atom is -0.387 e. The van der Waals surface area contributed by atoms with Crippen LogP contribution in [0.15, 0.2) is 18.2 Å². The first-order valence-electron chi connectivity index (χ1n) is 6.80. The van der Waals surface area contributed by atoms with Gasteiger partial charge in [-0.15, -0.1) is 0 Å². The van der Waals surface area contributed by atoms with Gasteiger partial charge in [0.2, 0.25) is 0 Å². The van der Waals surface area contributed by atoms with E-state index in [-0.39, 0.29) is 12.1 Å². The van der Waals surface area contributed by atoms with Gasteiger partial charge in [-0.25, -0.2) is 0 Å². The molecule has 0 amide bonds. The summed E-state index contributed by atoms with van der Waals surface area (Å²) in [6, 6.07) is 7.30. The second-order valence-corrected chi connectivity index (χ2v) is 5.56. The van der Waals surface area contributed by atoms with Gasteiger partial charge < -0.3 is 10.4 Å². The van der Waals surface area contributed by atoms with Crippen LogP contribution in [0.4, 0.5) is 0 Å². The van der Waals surface area contributed by atoms with Crippen molar-refractivity contribution in [3.63, 3.8) is 0 Å². The largest absolute Gasteiger partial charge is 0.387 e. The predicted molar refractivity (Wildman–Crippen MR) is 69.0 cm³/mol. The molecule has 2 unspecified atom stereocenters. The Hall–Kier alpha value is -0.860. The van der Waals surface area contributed by atoms with Gasteiger partial charge in [0.25, 0.3) is 0 Å². The van der Waals surface area contributed by atoms with Crippen LogP contribution in [0.3, 0.4) is 0 Å². The fraction of sp³-hybridized carbons (Fsp3) is 0.600. The zero-order chi connectivity index (χ0) is 11.8. The molecule has 2 aliphatic carbocycles. The molecule has 0 saturated heterocycles. The predicted octanol–water partition coefficient (Wildman–Crippen LogP) is 2.35. The van der Waals surface area contributed by atoms with E-state index >= 15 is 0 Å². The van der Waals surface area contributed by atoms with Gasteiger partial charge in [0.05, 0.1) is 6.10 Å². The third-order valence-corrected chi connectivity index (χ3v) is 4.01. The molecule has 2 atom stereocenters. The number of nitrogens with one attached hydrogen (secondary N) is 1. The van der Waals surface area contributed by atoms with Crippen LogP contribution in [0, 0.1) is 0 Å². The second kappa shape index (κ2) is 4.43. The molecule has 2 aliphatic rings. The average Bonchev–Trinajstić information content (AvgIpc) is 3.02. The molecule has 1 saturated carbocycles. The lowest BCUT2D eigenvalue weighted by Crippen LogP contribution is -2.33. The fourth-order valence-electron chi connectivity index (χ4n) is 2.78. The standard InChI is InChI=1S/C15H21NO/c1-10(16-14-7-8-14)15(17)13-6-5-11-3-2-4-12(11)9-13/h5-6,9-10,14-17H,2-4,7-8H2,1H3. The van der Waals surface area contributed by atoms with Crippen molar-refractivity contribution in [2.45, 2.75) is 57.2 Å². The molecule has 0 aliphatic heterocycles. The van der Waals surface area contributed by atoms with Gasteiger partial charge in [0, 0.05) is 12.1 Å². The summed E-state index contributed by atoms with van der Waals surface area (Å²) in [5, 5.41) is 13.8. The Morgan fingerprint density at radius 3 is 2.76 bits per heavy atom. The number of aliphatic hydroxyl groups is 1. The molecule has 2 heteroatoms. The molecular weight excluding hydrogens is 210 g/mol. The molecule has 2 N–H and O–H groups in total. The molecule has 1 aromatic rings. The lowest BCUT2D eigenvalue weighted by Gasteiger charge is -2.21. The van der Waals surface area contributed by atoms with Crippen molar-refractivity contribution in [1.82, 2.24) is 5.32 Å². The zero-order valence-electron chi connectivity index (χ0n) is 10.4. The maximum atomic E-state index is 10.3. The summed E-state index contributed by atoms with van der Waals surface area (Å²) in [5.41, 5.74) is 4.00. The van der Waals surface area contributed by atoms with Gasteiger partial charge in [-0.2, -0.15) is 0 Å². The van der Waals surface area contributed by atoms with E-state index in [1.54, 1.807) is 0 Å². The van der Waals surface area contributed by atoms with Crippen molar-refractivity contribution < 1.29 is 5.11 Å². The van der Waals surface area contributed by atoms with Crippen molar-refractivity contribution >= 4 is 0 Å². The summed E-state index contributed by atoms with van der Waals surface area (Å²) in [4.78, 5) is 0. The number of rotatable bonds is 4. The third-order valence-electron chi connectivity index (χ3n) is 4.01. The van der Waals surface area contributed by atoms with E-state index in [0.717, 1.165) is 5.56 Å². The number of fused-ring (bicyclic) bond motifs is 1. The van der Waals surface area contributed by atoms with Gasteiger partial charge in [-0.05, 0) is 55.7 Å². The summed E-state index contributed by atoms with van der Waals surface area (Å²) in [7, 11) is 0. The Balaban J connectivity index is 1.73. The Morgan fingerprint density at radius 1 is 1.24 bits per heavy atom. The summed E-state index contributed by atoms with van der Waals surface area (Å²) in [6.45, 7) is 2.08. The minimum atomic E-state index is -0.374. The monoisotopic (exact) mass is 231 g/mol. The first-order chi connectivity index (χ1) is 8.24. The van der Waals surface area contributed by atoms with Crippen LogP contribution in [0.25, 0.3) is 0 Å². The Labute approximate surface area is 103 Å². The average molecular weight is 231 g/mol. The number of aryl methyl sites for hydroxylation is 2. The Morgan fingerprint density at radius 2 is 2.00 bits per heavy atom. The molecule has 92 valence electrons. The van der Waals surface area contributed by atoms with Gasteiger partial charge in [0.1, 0.15) is 0 Å². The molecule has 1 aromatic carbocycles. The quantitative estimate of drug-likeness (QED) is 0.833. The van der Waals surface area contributed by atoms with Gasteiger partial charge in [-0.1, -0.05) is 18.2 Å². The van der Waals surface area contributed by atoms with Crippen molar-refractivity contribution in [3.8, 4) is 0 Å². The van der Waals surface area contributed by atoms with E-state index in [2.05, 4.69) is 30.4 Å². The molecular formula is C15H21NO. The van der Waals surface area contributed by atoms with E-state index in [1.807, 2.05) is 0 Å². The van der Waals surface area contributed by atoms with E-state index in [9.17, 15) is 5.11 Å². The number of hydrogen-bond acceptors (Lipinski definition) is 2. The highest BCUT2D eigenvalue weighted by molar-refractivity contribution is 5.36. The number of hydrogen-bond donors (Lipinski definition) is 2. The van der Waals surface area contributed by atoms with Gasteiger partial charge in [-0.3, -0.25) is 0 Å². The van der Waals surface area contributed by atoms with Crippen LogP contribution < -0.4 is 5.32 Å². The van der Waals surface area contributed by atoms with Crippen LogP contribution in [0.2, 0.25) is 0 Å². The SMILES string of the molecule is CC(NC1CC1)C(O)c1ccc2c(c1)CCC2. The van der Waals surface area contributed by atoms with Crippen LogP contribution in [0.5, 0.6) is 0 Å². The fourth-order valence-corrected chi connectivity index (χ4v) is 2.78. The van der Waals surface area contributed by atoms with Crippen molar-refractivity contribution in [3.05, 3.63) is 34.9 Å². The zero-order valence-corrected chi connectivity index (χ0v) is 10.4. The molecule has 0 radical (unpaired) electrons. The summed E-state index contributed by atoms with van der Waals surface area (Å²) in [6.07, 6.45) is 5.82. The Bertz CT molecular complexity index is 411. The molecule has 0 aromatic heterocycles. The minimum absolute atomic E-state index is 0.155. The topological polar surface area (TPSA) is 32.3 Å². The molecule has 2 nitrogen and oxygen atoms in total. The molecule has 17 heavy (non-hydrogen) atoms. The van der Waals surface area contributed by atoms with E-state index in [1.165, 1.54) is 43.2 Å². The van der Waals surface area contributed by atoms with Gasteiger partial charge in [0.15, 0.2) is 0 Å². The third kappa shape index (κ3) is 2.38. The maximum absolute atomic E-state index is 10.3. The van der Waals surface area contributed by atoms with Crippen LogP contribution in [-0.4, -0.2) is 17.2 Å². The number of aliphatic hydroxyl groups excluding tert-OH is 1. The van der Waals surface area contributed by atoms with Crippen molar-refractivity contribution in [2.75, 3.05) is 0 Å². The van der Waals surface area contributed by atoms with Crippen LogP contribution >= 0.6 is 0 Å². The highest BCUT2D eigenvalue weighted by Gasteiger charge is 2.26. The molecule has 0 heterocycles. The highest BCUT2D eigenvalue weighted by atomic mass is 16.3. The lowest BCUT2D eigenvalue weighted by atomic mass is 9.99.